The number of rotatable bonds is 41. The highest BCUT2D eigenvalue weighted by atomic mass is 28.4. The van der Waals surface area contributed by atoms with Crippen molar-refractivity contribution in [3.8, 4) is 12.3 Å². The fourth-order valence-electron chi connectivity index (χ4n) is 22.2. The minimum atomic E-state index is -3.54. The van der Waals surface area contributed by atoms with Gasteiger partial charge >= 0.3 is 0 Å². The molecule has 30 nitrogen and oxygen atoms in total. The Hall–Kier alpha value is -9.72. The van der Waals surface area contributed by atoms with E-state index in [-0.39, 0.29) is 52.2 Å². The molecule has 0 aliphatic carbocycles. The van der Waals surface area contributed by atoms with Gasteiger partial charge in [0.1, 0.15) is 61.0 Å². The molecular formula is C114H145N9O21Si3. The zero-order valence-corrected chi connectivity index (χ0v) is 90.0. The first-order chi connectivity index (χ1) is 70.8. The van der Waals surface area contributed by atoms with E-state index in [0.717, 1.165) is 47.8 Å². The minimum absolute atomic E-state index is 0.0434. The van der Waals surface area contributed by atoms with Crippen LogP contribution in [0.1, 0.15) is 140 Å². The fraction of sp³-hybridized carbons (Fsp3) is 0.509. The van der Waals surface area contributed by atoms with Crippen LogP contribution in [0.15, 0.2) is 288 Å². The van der Waals surface area contributed by atoms with Crippen molar-refractivity contribution in [2.75, 3.05) is 26.4 Å². The van der Waals surface area contributed by atoms with Crippen molar-refractivity contribution in [2.45, 2.75) is 318 Å². The number of benzene rings is 9. The smallest absolute Gasteiger partial charge is 0.261 e. The molecule has 3 N–H and O–H groups in total. The fourth-order valence-corrected chi connectivity index (χ4v) is 35.9. The van der Waals surface area contributed by atoms with E-state index >= 15 is 0 Å². The molecule has 9 aromatic rings. The Kier molecular flexibility index (Phi) is 38.3. The van der Waals surface area contributed by atoms with Gasteiger partial charge in [0.25, 0.3) is 25.0 Å². The van der Waals surface area contributed by atoms with Crippen LogP contribution in [0.4, 0.5) is 0 Å². The third-order valence-corrected chi connectivity index (χ3v) is 45.0. The Morgan fingerprint density at radius 1 is 0.306 bits per heavy atom. The molecule has 147 heavy (non-hydrogen) atoms. The summed E-state index contributed by atoms with van der Waals surface area (Å²) in [5.74, 6) is -0.0147. The van der Waals surface area contributed by atoms with Crippen molar-refractivity contribution < 1.29 is 99.7 Å². The molecule has 12 unspecified atom stereocenters. The summed E-state index contributed by atoms with van der Waals surface area (Å²) in [7, 11) is -10.3. The number of hydrogen-bond acceptors (Lipinski definition) is 24. The second-order valence-corrected chi connectivity index (χ2v) is 55.6. The summed E-state index contributed by atoms with van der Waals surface area (Å²) < 4.78 is 130. The van der Waals surface area contributed by atoms with Crippen LogP contribution < -0.4 is 31.1 Å². The Balaban J connectivity index is 0.776. The number of ether oxygens (including phenoxy) is 15. The summed E-state index contributed by atoms with van der Waals surface area (Å²) in [6.45, 7) is 32.5. The summed E-state index contributed by atoms with van der Waals surface area (Å²) in [5.41, 5.74) is 34.8. The molecule has 0 spiro atoms. The van der Waals surface area contributed by atoms with E-state index in [1.165, 1.54) is 0 Å². The van der Waals surface area contributed by atoms with Gasteiger partial charge in [-0.3, -0.25) is 0 Å². The van der Waals surface area contributed by atoms with E-state index in [1.807, 2.05) is 235 Å². The molecule has 6 aliphatic rings. The predicted octanol–water partition coefficient (Wildman–Crippen LogP) is 16.9. The third-order valence-electron chi connectivity index (χ3n) is 30.0. The van der Waals surface area contributed by atoms with Crippen LogP contribution in [0.5, 0.6) is 0 Å². The summed E-state index contributed by atoms with van der Waals surface area (Å²) in [5, 5.41) is 57.7. The second-order valence-electron chi connectivity index (χ2n) is 42.6. The Morgan fingerprint density at radius 3 is 0.823 bits per heavy atom. The zero-order valence-electron chi connectivity index (χ0n) is 87.0. The molecule has 0 saturated carbocycles. The third kappa shape index (κ3) is 25.0. The number of hydrogen-bond donors (Lipinski definition) is 3. The van der Waals surface area contributed by atoms with Gasteiger partial charge < -0.3 is 99.7 Å². The maximum absolute atomic E-state index is 13.8. The van der Waals surface area contributed by atoms with E-state index in [2.05, 4.69) is 171 Å². The van der Waals surface area contributed by atoms with Crippen molar-refractivity contribution in [2.24, 2.45) is 39.0 Å². The molecule has 33 heteroatoms. The maximum Gasteiger partial charge on any atom is 0.261 e. The first-order valence-corrected chi connectivity index (χ1v) is 57.2. The molecule has 6 heterocycles. The van der Waals surface area contributed by atoms with Gasteiger partial charge in [-0.1, -0.05) is 378 Å². The van der Waals surface area contributed by atoms with Crippen molar-refractivity contribution in [3.63, 3.8) is 0 Å². The van der Waals surface area contributed by atoms with E-state index in [4.69, 9.17) is 90.8 Å². The predicted molar refractivity (Wildman–Crippen MR) is 567 cm³/mol. The highest BCUT2D eigenvalue weighted by Gasteiger charge is 2.62. The van der Waals surface area contributed by atoms with Crippen LogP contribution in [0.25, 0.3) is 31.3 Å². The van der Waals surface area contributed by atoms with Crippen molar-refractivity contribution in [1.82, 2.24) is 0 Å². The van der Waals surface area contributed by atoms with Gasteiger partial charge in [0.15, 0.2) is 37.7 Å². The van der Waals surface area contributed by atoms with Crippen molar-refractivity contribution >= 4 is 56.1 Å². The quantitative estimate of drug-likeness (QED) is 0.00800. The molecular weight excluding hydrogens is 1920 g/mol. The van der Waals surface area contributed by atoms with Gasteiger partial charge in [-0.25, -0.2) is 0 Å². The number of unbranched alkanes of at least 4 members (excludes halogenated alkanes) is 1. The largest absolute Gasteiger partial charge is 0.405 e. The molecule has 9 aromatic carbocycles. The molecule has 6 fully saturated rings. The molecule has 0 aromatic heterocycles. The van der Waals surface area contributed by atoms with Crippen LogP contribution in [-0.2, 0) is 104 Å². The SMILES string of the molecule is C#CCCCO[C@@H]1OC(CO[Si](c2ccccc2)(c2ccccc2)C(C)(C)C)[C@H](O[C@@H]2OC(C)[C@H](O[C@@H]3OC(CO[Si](c4ccccc4)(c4ccccc4)C(C)(C)C)[C@H](O[C@@H]4OC(C)[C@H](O[C@@H]5OC(CO[Si](c6ccccc6)(c6ccccc6)C(C)(C)C)[C@H](O[C@@H]6OC(C)[C@H](C)[C@@H](OCc7ccccc7)C6O)[C@H](C)C5N=[N+]=[N-])[C@@H](OCc5ccccc5)C4O)[C@H](C)C3N=[N+]=[N-])[C@@H](OCc3ccccc3)C2O)[C@H](C)C1N=[N+]=[N-]. The molecule has 0 bridgehead atoms. The van der Waals surface area contributed by atoms with Crippen LogP contribution in [0.2, 0.25) is 15.1 Å². The van der Waals surface area contributed by atoms with Gasteiger partial charge in [-0.15, -0.1) is 12.3 Å². The Labute approximate surface area is 867 Å². The Bertz CT molecular complexity index is 5650. The molecule has 15 rings (SSSR count). The van der Waals surface area contributed by atoms with Crippen molar-refractivity contribution in [3.05, 3.63) is 321 Å². The van der Waals surface area contributed by atoms with Gasteiger partial charge in [0, 0.05) is 27.1 Å². The molecule has 0 amide bonds. The van der Waals surface area contributed by atoms with Gasteiger partial charge in [0.05, 0.1) is 107 Å². The van der Waals surface area contributed by atoms with Gasteiger partial charge in [0.2, 0.25) is 0 Å². The van der Waals surface area contributed by atoms with Crippen LogP contribution >= 0.6 is 0 Å². The molecule has 6 aliphatic heterocycles. The highest BCUT2D eigenvalue weighted by molar-refractivity contribution is 7.00. The number of aliphatic hydroxyl groups is 3. The van der Waals surface area contributed by atoms with E-state index in [0.29, 0.717) is 12.8 Å². The number of azide groups is 3. The second kappa shape index (κ2) is 50.5. The molecule has 0 radical (unpaired) electrons. The number of terminal acetylenes is 1. The lowest BCUT2D eigenvalue weighted by Crippen LogP contribution is -2.69. The standard InChI is InChI=1S/C114H145N9O21Si3/c1-18-19-47-66-127-106-92(118-121-115)74(3)98(89(137-106)70-131-145(112(9,10)11,83-54-35-23-36-55-83)84-56-37-24-38-57-84)141-110-96(125)104(129-68-81-50-31-21-32-51-81)102(78(7)135-110)144-108-94(120-123-117)76(5)100(91(139-108)72-133-147(114(15,16)17,87-62-43-27-44-63-87)88-64-45-28-46-65-88)142-111-97(126)105(130-69-82-52-33-22-34-53-82)103(79(8)136-111)143-107-93(119-122-116)75(4)99(140-109-95(124)101(73(2)77(6)134-109)128-67-80-48-29-20-30-49-80)90(138-107)71-132-146(113(12,13)14,85-58-39-25-40-59-85)86-60-41-26-42-61-86/h1,20-46,48-65,73-79,89-111,124-126H,19,47,66-72H2,2-17H3/t73-,74+,75+,76+,77?,78?,79?,89?,90?,91?,92?,93?,94?,95?,96?,97?,98+,99+,100+,101+,102-,103-,104-,105-,106+,107-,108-,109-,110-,111-/m0/s1. The molecule has 6 saturated heterocycles. The first kappa shape index (κ1) is 111. The first-order valence-electron chi connectivity index (χ1n) is 51.4. The summed E-state index contributed by atoms with van der Waals surface area (Å²) in [6, 6.07) is 86.3. The van der Waals surface area contributed by atoms with Crippen molar-refractivity contribution in [1.29, 1.82) is 0 Å². The highest BCUT2D eigenvalue weighted by Crippen LogP contribution is 2.47. The van der Waals surface area contributed by atoms with Crippen LogP contribution in [0.3, 0.4) is 0 Å². The normalized spacial score (nSPS) is 31.0. The average Bonchev–Trinajstić information content (AvgIpc) is 0.746. The summed E-state index contributed by atoms with van der Waals surface area (Å²) in [6.07, 6.45) is -21.5. The van der Waals surface area contributed by atoms with E-state index in [9.17, 15) is 31.9 Å². The lowest BCUT2D eigenvalue weighted by molar-refractivity contribution is -0.378. The lowest BCUT2D eigenvalue weighted by atomic mass is 9.87. The zero-order chi connectivity index (χ0) is 104. The van der Waals surface area contributed by atoms with Crippen LogP contribution in [-0.4, -0.2) is 226 Å². The minimum Gasteiger partial charge on any atom is -0.405 e. The monoisotopic (exact) mass is 2060 g/mol. The number of aliphatic hydroxyl groups excluding tert-OH is 3. The van der Waals surface area contributed by atoms with E-state index in [1.54, 1.807) is 13.8 Å². The van der Waals surface area contributed by atoms with Gasteiger partial charge in [-0.2, -0.15) is 0 Å². The molecule has 30 atom stereocenters. The van der Waals surface area contributed by atoms with Gasteiger partial charge in [-0.05, 0) is 124 Å². The maximum atomic E-state index is 13.8. The molecule has 784 valence electrons. The summed E-state index contributed by atoms with van der Waals surface area (Å²) in [4.78, 5) is 10.3. The topological polar surface area (TPSA) is 373 Å². The average molecular weight is 2060 g/mol. The number of nitrogens with zero attached hydrogens (tertiary/aromatic N) is 9. The Morgan fingerprint density at radius 2 is 0.551 bits per heavy atom. The van der Waals surface area contributed by atoms with Crippen LogP contribution in [0, 0.1) is 36.0 Å². The summed E-state index contributed by atoms with van der Waals surface area (Å²) >= 11 is 0. The lowest BCUT2D eigenvalue weighted by Gasteiger charge is -2.52. The van der Waals surface area contributed by atoms with E-state index < -0.39 is 217 Å².